The summed E-state index contributed by atoms with van der Waals surface area (Å²) >= 11 is 7.48. The highest BCUT2D eigenvalue weighted by atomic mass is 32.2. The third kappa shape index (κ3) is 10.3. The Morgan fingerprint density at radius 3 is 1.68 bits per heavy atom. The highest BCUT2D eigenvalue weighted by Crippen LogP contribution is 2.29. The molecule has 3 N–H and O–H groups in total. The molecule has 0 amide bonds. The molecule has 0 saturated carbocycles. The number of thioether (sulfide) groups is 1. The molecule has 0 atom stereocenters. The van der Waals surface area contributed by atoms with E-state index in [0.717, 1.165) is 41.1 Å². The maximum Gasteiger partial charge on any atom is 0.466 e. The molecule has 9 heteroatoms. The lowest BCUT2D eigenvalue weighted by Gasteiger charge is -2.26. The summed E-state index contributed by atoms with van der Waals surface area (Å²) in [6.07, 6.45) is 0. The molecule has 0 radical (unpaired) electrons. The van der Waals surface area contributed by atoms with Crippen LogP contribution in [0.15, 0.2) is 60.7 Å². The quantitative estimate of drug-likeness (QED) is 0.433. The van der Waals surface area contributed by atoms with Crippen molar-refractivity contribution < 1.29 is 19.2 Å². The fraction of sp³-hybridized carbons (Fsp3) is 0.316. The number of phosphoric acid groups is 1. The van der Waals surface area contributed by atoms with Gasteiger partial charge in [0.05, 0.1) is 0 Å². The van der Waals surface area contributed by atoms with Crippen LogP contribution in [0.25, 0.3) is 0 Å². The topological polar surface area (TPSA) is 84.2 Å². The van der Waals surface area contributed by atoms with E-state index in [9.17, 15) is 0 Å². The summed E-state index contributed by atoms with van der Waals surface area (Å²) in [4.78, 5) is 26.1. The molecular formula is C19H27N2O4PS2. The smallest absolute Gasteiger partial charge is 0.303 e. The lowest BCUT2D eigenvalue weighted by Crippen LogP contribution is -2.27. The largest absolute Gasteiger partial charge is 0.466 e. The lowest BCUT2D eigenvalue weighted by molar-refractivity contribution is 0.275. The molecule has 28 heavy (non-hydrogen) atoms. The van der Waals surface area contributed by atoms with Gasteiger partial charge in [-0.1, -0.05) is 74.2 Å². The van der Waals surface area contributed by atoms with Gasteiger partial charge in [-0.2, -0.15) is 0 Å². The normalized spacial score (nSPS) is 10.9. The molecule has 0 bridgehead atoms. The van der Waals surface area contributed by atoms with Crippen LogP contribution in [-0.2, 0) is 4.57 Å². The van der Waals surface area contributed by atoms with Crippen molar-refractivity contribution in [1.82, 2.24) is 4.90 Å². The maximum atomic E-state index is 8.88. The van der Waals surface area contributed by atoms with Crippen molar-refractivity contribution in [3.05, 3.63) is 60.7 Å². The highest BCUT2D eigenvalue weighted by Gasteiger charge is 2.15. The second-order valence-corrected chi connectivity index (χ2v) is 8.42. The maximum absolute atomic E-state index is 8.88. The predicted octanol–water partition coefficient (Wildman–Crippen LogP) is 4.26. The molecule has 6 nitrogen and oxygen atoms in total. The molecule has 0 fully saturated rings. The van der Waals surface area contributed by atoms with E-state index >= 15 is 0 Å². The SMILES string of the molecule is CCN(CC)CCSC(=S)N(c1ccccc1)c1ccccc1.O=P(O)(O)O. The van der Waals surface area contributed by atoms with Crippen LogP contribution in [-0.4, -0.2) is 49.3 Å². The predicted molar refractivity (Wildman–Crippen MR) is 122 cm³/mol. The van der Waals surface area contributed by atoms with Crippen LogP contribution in [0.4, 0.5) is 11.4 Å². The van der Waals surface area contributed by atoms with Gasteiger partial charge in [0.15, 0.2) is 0 Å². The summed E-state index contributed by atoms with van der Waals surface area (Å²) in [5, 5.41) is 0. The van der Waals surface area contributed by atoms with Gasteiger partial charge in [0.1, 0.15) is 4.32 Å². The van der Waals surface area contributed by atoms with Crippen molar-refractivity contribution in [2.75, 3.05) is 30.3 Å². The summed E-state index contributed by atoms with van der Waals surface area (Å²) in [6.45, 7) is 7.64. The fourth-order valence-electron chi connectivity index (χ4n) is 2.38. The van der Waals surface area contributed by atoms with Crippen LogP contribution in [0.3, 0.4) is 0 Å². The van der Waals surface area contributed by atoms with Crippen LogP contribution < -0.4 is 4.90 Å². The molecule has 154 valence electrons. The molecule has 0 saturated heterocycles. The minimum Gasteiger partial charge on any atom is -0.303 e. The van der Waals surface area contributed by atoms with Gasteiger partial charge in [-0.25, -0.2) is 4.57 Å². The van der Waals surface area contributed by atoms with Crippen molar-refractivity contribution in [3.8, 4) is 0 Å². The first-order valence-corrected chi connectivity index (χ1v) is 11.8. The van der Waals surface area contributed by atoms with Gasteiger partial charge in [0, 0.05) is 23.7 Å². The molecule has 0 aliphatic rings. The zero-order valence-corrected chi connectivity index (χ0v) is 18.5. The Bertz CT molecular complexity index is 692. The van der Waals surface area contributed by atoms with Gasteiger partial charge < -0.3 is 19.6 Å². The molecule has 0 spiro atoms. The number of benzene rings is 2. The van der Waals surface area contributed by atoms with Gasteiger partial charge in [0.2, 0.25) is 0 Å². The van der Waals surface area contributed by atoms with E-state index in [4.69, 9.17) is 31.5 Å². The van der Waals surface area contributed by atoms with Gasteiger partial charge in [-0.3, -0.25) is 4.90 Å². The van der Waals surface area contributed by atoms with Gasteiger partial charge in [0.25, 0.3) is 0 Å². The summed E-state index contributed by atoms with van der Waals surface area (Å²) in [5.41, 5.74) is 2.22. The second-order valence-electron chi connectivity index (χ2n) is 5.66. The molecule has 0 aromatic heterocycles. The number of hydrogen-bond donors (Lipinski definition) is 3. The van der Waals surface area contributed by atoms with Crippen LogP contribution in [0.5, 0.6) is 0 Å². The molecule has 0 heterocycles. The monoisotopic (exact) mass is 442 g/mol. The Balaban J connectivity index is 0.000000696. The first-order valence-electron chi connectivity index (χ1n) is 8.83. The number of rotatable bonds is 7. The van der Waals surface area contributed by atoms with Gasteiger partial charge in [-0.05, 0) is 37.4 Å². The van der Waals surface area contributed by atoms with E-state index in [1.807, 2.05) is 12.1 Å². The average Bonchev–Trinajstić information content (AvgIpc) is 2.66. The number of nitrogens with zero attached hydrogens (tertiary/aromatic N) is 2. The number of thiocarbonyl (C=S) groups is 1. The van der Waals surface area contributed by atoms with E-state index in [1.54, 1.807) is 11.8 Å². The fourth-order valence-corrected chi connectivity index (χ4v) is 3.71. The summed E-state index contributed by atoms with van der Waals surface area (Å²) in [7, 11) is -4.64. The van der Waals surface area contributed by atoms with Crippen LogP contribution in [0, 0.1) is 0 Å². The van der Waals surface area contributed by atoms with Gasteiger partial charge in [-0.15, -0.1) is 0 Å². The minimum absolute atomic E-state index is 0.898. The Kier molecular flexibility index (Phi) is 11.6. The summed E-state index contributed by atoms with van der Waals surface area (Å²) < 4.78 is 9.78. The van der Waals surface area contributed by atoms with Crippen LogP contribution in [0.2, 0.25) is 0 Å². The third-order valence-electron chi connectivity index (χ3n) is 3.74. The van der Waals surface area contributed by atoms with Crippen molar-refractivity contribution in [3.63, 3.8) is 0 Å². The third-order valence-corrected chi connectivity index (χ3v) is 5.09. The van der Waals surface area contributed by atoms with E-state index in [0.29, 0.717) is 0 Å². The zero-order valence-electron chi connectivity index (χ0n) is 16.0. The molecular weight excluding hydrogens is 415 g/mol. The van der Waals surface area contributed by atoms with E-state index in [1.165, 1.54) is 0 Å². The average molecular weight is 443 g/mol. The Hall–Kier alpha value is -1.25. The summed E-state index contributed by atoms with van der Waals surface area (Å²) in [5.74, 6) is 1.01. The van der Waals surface area contributed by atoms with Crippen molar-refractivity contribution in [1.29, 1.82) is 0 Å². The molecule has 0 unspecified atom stereocenters. The summed E-state index contributed by atoms with van der Waals surface area (Å²) in [6, 6.07) is 20.7. The van der Waals surface area contributed by atoms with Gasteiger partial charge >= 0.3 is 7.82 Å². The molecule has 2 aromatic carbocycles. The first kappa shape index (κ1) is 24.8. The lowest BCUT2D eigenvalue weighted by atomic mass is 10.2. The second kappa shape index (κ2) is 13.1. The van der Waals surface area contributed by atoms with Crippen molar-refractivity contribution in [2.45, 2.75) is 13.8 Å². The molecule has 0 aliphatic heterocycles. The number of para-hydroxylation sites is 2. The number of anilines is 2. The van der Waals surface area contributed by atoms with Crippen LogP contribution in [0.1, 0.15) is 13.8 Å². The molecule has 2 rings (SSSR count). The van der Waals surface area contributed by atoms with Crippen molar-refractivity contribution in [2.24, 2.45) is 0 Å². The Morgan fingerprint density at radius 2 is 1.32 bits per heavy atom. The van der Waals surface area contributed by atoms with E-state index < -0.39 is 7.82 Å². The number of hydrogen-bond acceptors (Lipinski definition) is 4. The first-order chi connectivity index (χ1) is 13.3. The van der Waals surface area contributed by atoms with E-state index in [-0.39, 0.29) is 0 Å². The van der Waals surface area contributed by atoms with Crippen LogP contribution >= 0.6 is 31.8 Å². The van der Waals surface area contributed by atoms with Crippen molar-refractivity contribution >= 4 is 47.5 Å². The Morgan fingerprint density at radius 1 is 0.929 bits per heavy atom. The Labute approximate surface area is 176 Å². The zero-order chi connectivity index (χ0) is 21.0. The highest BCUT2D eigenvalue weighted by molar-refractivity contribution is 8.23. The molecule has 2 aromatic rings. The van der Waals surface area contributed by atoms with E-state index in [2.05, 4.69) is 72.2 Å². The molecule has 0 aliphatic carbocycles. The minimum atomic E-state index is -4.64. The standard InChI is InChI=1S/C19H24N2S2.H3O4P/c1-3-20(4-2)15-16-23-19(22)21(17-11-7-5-8-12-17)18-13-9-6-10-14-18;1-5(2,3)4/h5-14H,3-4,15-16H2,1-2H3;(H3,1,2,3,4).